The number of amides is 1. The Morgan fingerprint density at radius 1 is 1.35 bits per heavy atom. The first-order valence-corrected chi connectivity index (χ1v) is 9.59. The smallest absolute Gasteiger partial charge is 0.306 e. The number of benzene rings is 1. The minimum absolute atomic E-state index is 0.106. The minimum atomic E-state index is -0.201. The number of carbonyl (C=O) groups is 2. The highest BCUT2D eigenvalue weighted by atomic mass is 32.1. The quantitative estimate of drug-likeness (QED) is 0.590. The Hall–Kier alpha value is -2.47. The summed E-state index contributed by atoms with van der Waals surface area (Å²) in [5, 5.41) is 5.44. The Bertz CT molecular complexity index is 813. The lowest BCUT2D eigenvalue weighted by Gasteiger charge is -2.07. The molecule has 0 radical (unpaired) electrons. The van der Waals surface area contributed by atoms with Gasteiger partial charge in [0.05, 0.1) is 18.5 Å². The first-order valence-electron chi connectivity index (χ1n) is 8.71. The molecule has 0 aliphatic heterocycles. The summed E-state index contributed by atoms with van der Waals surface area (Å²) >= 11 is 1.40. The normalized spacial score (nSPS) is 15.8. The zero-order valence-corrected chi connectivity index (χ0v) is 15.6. The number of nitrogens with zero attached hydrogens (tertiary/aromatic N) is 1. The van der Waals surface area contributed by atoms with E-state index in [1.165, 1.54) is 11.3 Å². The molecule has 1 heterocycles. The van der Waals surface area contributed by atoms with Gasteiger partial charge in [0.1, 0.15) is 11.6 Å². The Labute approximate surface area is 157 Å². The highest BCUT2D eigenvalue weighted by Gasteiger charge is 2.16. The number of hydrogen-bond acceptors (Lipinski definition) is 5. The van der Waals surface area contributed by atoms with E-state index in [1.807, 2.05) is 36.6 Å². The van der Waals surface area contributed by atoms with Crippen molar-refractivity contribution >= 4 is 28.9 Å². The second-order valence-electron chi connectivity index (χ2n) is 6.40. The fraction of sp³-hybridized carbons (Fsp3) is 0.350. The molecule has 2 aromatic rings. The Balaban J connectivity index is 1.45. The van der Waals surface area contributed by atoms with Crippen LogP contribution in [-0.2, 0) is 27.4 Å². The van der Waals surface area contributed by atoms with Crippen LogP contribution in [0.3, 0.4) is 0 Å². The maximum atomic E-state index is 12.2. The van der Waals surface area contributed by atoms with Gasteiger partial charge in [0.2, 0.25) is 5.91 Å². The lowest BCUT2D eigenvalue weighted by molar-refractivity contribution is -0.145. The first-order chi connectivity index (χ1) is 12.6. The van der Waals surface area contributed by atoms with Crippen molar-refractivity contribution in [3.63, 3.8) is 0 Å². The molecule has 0 unspecified atom stereocenters. The molecule has 0 saturated heterocycles. The van der Waals surface area contributed by atoms with Crippen LogP contribution in [-0.4, -0.2) is 16.9 Å². The summed E-state index contributed by atoms with van der Waals surface area (Å²) in [6, 6.07) is 7.65. The average molecular weight is 370 g/mol. The van der Waals surface area contributed by atoms with Crippen LogP contribution >= 0.6 is 11.3 Å². The van der Waals surface area contributed by atoms with Crippen molar-refractivity contribution in [3.8, 4) is 0 Å². The Kier molecular flexibility index (Phi) is 6.17. The standard InChI is InChI=1S/C20H22N2O3S/c1-14-6-2-5-9-17(14)22-18(23)11-19-21-16(13-26-19)12-25-20(24)10-15-7-3-4-8-15/h2-3,5-7,9,13,15H,4,8,10-12H2,1H3,(H,22,23)/t15-/m1/s1. The van der Waals surface area contributed by atoms with Gasteiger partial charge < -0.3 is 10.1 Å². The number of anilines is 1. The third-order valence-electron chi connectivity index (χ3n) is 4.25. The number of para-hydroxylation sites is 1. The van der Waals surface area contributed by atoms with Gasteiger partial charge in [0.25, 0.3) is 0 Å². The maximum absolute atomic E-state index is 12.2. The predicted octanol–water partition coefficient (Wildman–Crippen LogP) is 4.03. The molecule has 6 heteroatoms. The number of allylic oxidation sites excluding steroid dienone is 2. The van der Waals surface area contributed by atoms with Gasteiger partial charge in [-0.1, -0.05) is 30.4 Å². The van der Waals surface area contributed by atoms with Crippen molar-refractivity contribution in [2.75, 3.05) is 5.32 Å². The SMILES string of the molecule is Cc1ccccc1NC(=O)Cc1nc(COC(=O)C[C@@H]2C=CCC2)cs1. The van der Waals surface area contributed by atoms with Crippen molar-refractivity contribution < 1.29 is 14.3 Å². The largest absolute Gasteiger partial charge is 0.459 e. The summed E-state index contributed by atoms with van der Waals surface area (Å²) in [5.74, 6) is -0.00255. The van der Waals surface area contributed by atoms with E-state index in [0.717, 1.165) is 24.1 Å². The highest BCUT2D eigenvalue weighted by Crippen LogP contribution is 2.21. The van der Waals surface area contributed by atoms with Crippen molar-refractivity contribution in [2.24, 2.45) is 5.92 Å². The van der Waals surface area contributed by atoms with Gasteiger partial charge >= 0.3 is 5.97 Å². The topological polar surface area (TPSA) is 68.3 Å². The van der Waals surface area contributed by atoms with Crippen molar-refractivity contribution in [1.29, 1.82) is 0 Å². The van der Waals surface area contributed by atoms with Crippen molar-refractivity contribution in [2.45, 2.75) is 39.2 Å². The molecule has 0 saturated carbocycles. The summed E-state index contributed by atoms with van der Waals surface area (Å²) in [5.41, 5.74) is 2.51. The van der Waals surface area contributed by atoms with Crippen LogP contribution in [0.15, 0.2) is 41.8 Å². The fourth-order valence-corrected chi connectivity index (χ4v) is 3.61. The predicted molar refractivity (Wildman–Crippen MR) is 102 cm³/mol. The summed E-state index contributed by atoms with van der Waals surface area (Å²) in [4.78, 5) is 28.4. The number of carbonyl (C=O) groups excluding carboxylic acids is 2. The van der Waals surface area contributed by atoms with Crippen LogP contribution in [0.25, 0.3) is 0 Å². The number of hydrogen-bond donors (Lipinski definition) is 1. The fourth-order valence-electron chi connectivity index (χ4n) is 2.83. The molecule has 0 bridgehead atoms. The van der Waals surface area contributed by atoms with E-state index in [9.17, 15) is 9.59 Å². The number of thiazole rings is 1. The molecule has 1 aliphatic carbocycles. The minimum Gasteiger partial charge on any atom is -0.459 e. The lowest BCUT2D eigenvalue weighted by Crippen LogP contribution is -2.15. The number of nitrogens with one attached hydrogen (secondary N) is 1. The third kappa shape index (κ3) is 5.26. The molecule has 1 amide bonds. The molecule has 1 atom stereocenters. The molecule has 26 heavy (non-hydrogen) atoms. The van der Waals surface area contributed by atoms with Gasteiger partial charge in [0, 0.05) is 11.1 Å². The average Bonchev–Trinajstić information content (AvgIpc) is 3.27. The van der Waals surface area contributed by atoms with Gasteiger partial charge in [-0.2, -0.15) is 0 Å². The van der Waals surface area contributed by atoms with E-state index in [0.29, 0.717) is 23.0 Å². The van der Waals surface area contributed by atoms with Crippen LogP contribution in [0.1, 0.15) is 35.5 Å². The van der Waals surface area contributed by atoms with Gasteiger partial charge in [-0.25, -0.2) is 4.98 Å². The van der Waals surface area contributed by atoms with Gasteiger partial charge in [-0.05, 0) is 37.3 Å². The van der Waals surface area contributed by atoms with Gasteiger partial charge in [0.15, 0.2) is 0 Å². The number of esters is 1. The summed E-state index contributed by atoms with van der Waals surface area (Å²) in [7, 11) is 0. The van der Waals surface area contributed by atoms with E-state index in [1.54, 1.807) is 0 Å². The van der Waals surface area contributed by atoms with Crippen molar-refractivity contribution in [3.05, 3.63) is 58.1 Å². The van der Waals surface area contributed by atoms with E-state index in [4.69, 9.17) is 4.74 Å². The van der Waals surface area contributed by atoms with Gasteiger partial charge in [-0.15, -0.1) is 11.3 Å². The second-order valence-corrected chi connectivity index (χ2v) is 7.35. The van der Waals surface area contributed by atoms with Crippen LogP contribution in [0.5, 0.6) is 0 Å². The maximum Gasteiger partial charge on any atom is 0.306 e. The molecular formula is C20H22N2O3S. The number of ether oxygens (including phenoxy) is 1. The number of aromatic nitrogens is 1. The molecule has 1 N–H and O–H groups in total. The molecule has 1 aromatic carbocycles. The zero-order chi connectivity index (χ0) is 18.4. The highest BCUT2D eigenvalue weighted by molar-refractivity contribution is 7.09. The second kappa shape index (κ2) is 8.76. The lowest BCUT2D eigenvalue weighted by atomic mass is 10.1. The van der Waals surface area contributed by atoms with E-state index in [-0.39, 0.29) is 24.9 Å². The van der Waals surface area contributed by atoms with Gasteiger partial charge in [-0.3, -0.25) is 9.59 Å². The molecule has 1 aromatic heterocycles. The van der Waals surface area contributed by atoms with Crippen LogP contribution in [0.2, 0.25) is 0 Å². The molecule has 3 rings (SSSR count). The Morgan fingerprint density at radius 3 is 2.96 bits per heavy atom. The number of rotatable bonds is 7. The third-order valence-corrected chi connectivity index (χ3v) is 5.15. The molecule has 0 spiro atoms. The number of aryl methyl sites for hydroxylation is 1. The van der Waals surface area contributed by atoms with E-state index < -0.39 is 0 Å². The van der Waals surface area contributed by atoms with Crippen LogP contribution in [0.4, 0.5) is 5.69 Å². The van der Waals surface area contributed by atoms with E-state index >= 15 is 0 Å². The molecular weight excluding hydrogens is 348 g/mol. The monoisotopic (exact) mass is 370 g/mol. The molecule has 5 nitrogen and oxygen atoms in total. The first kappa shape index (κ1) is 18.3. The van der Waals surface area contributed by atoms with E-state index in [2.05, 4.69) is 22.5 Å². The summed E-state index contributed by atoms with van der Waals surface area (Å²) in [6.07, 6.45) is 6.87. The summed E-state index contributed by atoms with van der Waals surface area (Å²) < 4.78 is 5.29. The van der Waals surface area contributed by atoms with Crippen LogP contribution in [0, 0.1) is 12.8 Å². The zero-order valence-electron chi connectivity index (χ0n) is 14.7. The van der Waals surface area contributed by atoms with Crippen LogP contribution < -0.4 is 5.32 Å². The summed E-state index contributed by atoms with van der Waals surface area (Å²) in [6.45, 7) is 2.11. The molecule has 0 fully saturated rings. The molecule has 136 valence electrons. The van der Waals surface area contributed by atoms with Crippen molar-refractivity contribution in [1.82, 2.24) is 4.98 Å². The Morgan fingerprint density at radius 2 is 2.19 bits per heavy atom. The molecule has 1 aliphatic rings.